The van der Waals surface area contributed by atoms with Crippen molar-refractivity contribution in [1.29, 1.82) is 0 Å². The molecule has 2 aromatic rings. The van der Waals surface area contributed by atoms with Gasteiger partial charge in [0, 0.05) is 5.56 Å². The first-order chi connectivity index (χ1) is 12.7. The topological polar surface area (TPSA) is 104 Å². The van der Waals surface area contributed by atoms with Crippen molar-refractivity contribution < 1.29 is 22.4 Å². The monoisotopic (exact) mass is 393 g/mol. The zero-order valence-electron chi connectivity index (χ0n) is 14.8. The fourth-order valence-electron chi connectivity index (χ4n) is 2.16. The maximum Gasteiger partial charge on any atom is 0.269 e. The molecule has 0 fully saturated rings. The SMILES string of the molecule is CCc1ccc(C(=O)NNC(=O)[C@H](C)NS(=O)(=O)c2ccc(F)cc2)cc1. The highest BCUT2D eigenvalue weighted by Crippen LogP contribution is 2.10. The van der Waals surface area contributed by atoms with E-state index in [1.807, 2.05) is 6.92 Å². The van der Waals surface area contributed by atoms with E-state index in [2.05, 4.69) is 15.6 Å². The first kappa shape index (κ1) is 20.5. The van der Waals surface area contributed by atoms with Gasteiger partial charge < -0.3 is 0 Å². The predicted molar refractivity (Wildman–Crippen MR) is 97.6 cm³/mol. The molecule has 0 aliphatic heterocycles. The van der Waals surface area contributed by atoms with Gasteiger partial charge in [0.25, 0.3) is 11.8 Å². The van der Waals surface area contributed by atoms with Crippen molar-refractivity contribution in [1.82, 2.24) is 15.6 Å². The quantitative estimate of drug-likeness (QED) is 0.647. The Morgan fingerprint density at radius 3 is 2.15 bits per heavy atom. The van der Waals surface area contributed by atoms with Crippen LogP contribution >= 0.6 is 0 Å². The number of benzene rings is 2. The van der Waals surface area contributed by atoms with Gasteiger partial charge in [0.05, 0.1) is 10.9 Å². The summed E-state index contributed by atoms with van der Waals surface area (Å²) < 4.78 is 39.4. The normalized spacial score (nSPS) is 12.3. The smallest absolute Gasteiger partial charge is 0.269 e. The van der Waals surface area contributed by atoms with E-state index in [0.29, 0.717) is 5.56 Å². The summed E-state index contributed by atoms with van der Waals surface area (Å²) >= 11 is 0. The molecule has 9 heteroatoms. The fraction of sp³-hybridized carbons (Fsp3) is 0.222. The summed E-state index contributed by atoms with van der Waals surface area (Å²) in [5.41, 5.74) is 5.82. The molecule has 144 valence electrons. The molecule has 2 rings (SSSR count). The molecule has 0 aliphatic rings. The van der Waals surface area contributed by atoms with Crippen molar-refractivity contribution in [3.05, 3.63) is 65.5 Å². The number of rotatable bonds is 6. The third kappa shape index (κ3) is 5.60. The summed E-state index contributed by atoms with van der Waals surface area (Å²) in [6.07, 6.45) is 0.838. The highest BCUT2D eigenvalue weighted by molar-refractivity contribution is 7.89. The average Bonchev–Trinajstić information content (AvgIpc) is 2.65. The lowest BCUT2D eigenvalue weighted by atomic mass is 10.1. The van der Waals surface area contributed by atoms with Crippen LogP contribution in [0.4, 0.5) is 4.39 Å². The lowest BCUT2D eigenvalue weighted by molar-refractivity contribution is -0.123. The van der Waals surface area contributed by atoms with Crippen LogP contribution in [0.1, 0.15) is 29.8 Å². The molecule has 2 amide bonds. The Bertz CT molecular complexity index is 913. The molecule has 0 saturated carbocycles. The number of carbonyl (C=O) groups excluding carboxylic acids is 2. The van der Waals surface area contributed by atoms with Crippen LogP contribution in [0, 0.1) is 5.82 Å². The third-order valence-electron chi connectivity index (χ3n) is 3.77. The van der Waals surface area contributed by atoms with E-state index >= 15 is 0 Å². The summed E-state index contributed by atoms with van der Waals surface area (Å²) in [4.78, 5) is 23.9. The van der Waals surface area contributed by atoms with Crippen molar-refractivity contribution in [2.24, 2.45) is 0 Å². The van der Waals surface area contributed by atoms with Crippen molar-refractivity contribution in [3.63, 3.8) is 0 Å². The molecule has 0 spiro atoms. The largest absolute Gasteiger partial charge is 0.271 e. The van der Waals surface area contributed by atoms with Gasteiger partial charge in [0.2, 0.25) is 10.0 Å². The number of sulfonamides is 1. The van der Waals surface area contributed by atoms with Gasteiger partial charge in [-0.1, -0.05) is 19.1 Å². The molecular formula is C18H20FN3O4S. The van der Waals surface area contributed by atoms with E-state index in [1.165, 1.54) is 6.92 Å². The van der Waals surface area contributed by atoms with Crippen LogP contribution in [-0.4, -0.2) is 26.3 Å². The van der Waals surface area contributed by atoms with Gasteiger partial charge in [-0.25, -0.2) is 12.8 Å². The van der Waals surface area contributed by atoms with Crippen molar-refractivity contribution in [3.8, 4) is 0 Å². The van der Waals surface area contributed by atoms with Gasteiger partial charge in [-0.15, -0.1) is 0 Å². The predicted octanol–water partition coefficient (Wildman–Crippen LogP) is 1.52. The van der Waals surface area contributed by atoms with Crippen LogP contribution in [0.25, 0.3) is 0 Å². The minimum atomic E-state index is -4.01. The average molecular weight is 393 g/mol. The first-order valence-electron chi connectivity index (χ1n) is 8.20. The molecule has 0 unspecified atom stereocenters. The molecule has 0 radical (unpaired) electrons. The van der Waals surface area contributed by atoms with Crippen LogP contribution in [0.3, 0.4) is 0 Å². The number of aryl methyl sites for hydroxylation is 1. The van der Waals surface area contributed by atoms with Crippen LogP contribution in [0.5, 0.6) is 0 Å². The molecule has 2 aromatic carbocycles. The Morgan fingerprint density at radius 1 is 1.00 bits per heavy atom. The van der Waals surface area contributed by atoms with Gasteiger partial charge in [-0.3, -0.25) is 20.4 Å². The Morgan fingerprint density at radius 2 is 1.59 bits per heavy atom. The van der Waals surface area contributed by atoms with Crippen LogP contribution in [-0.2, 0) is 21.2 Å². The van der Waals surface area contributed by atoms with Gasteiger partial charge in [-0.05, 0) is 55.3 Å². The molecule has 27 heavy (non-hydrogen) atoms. The number of nitrogens with one attached hydrogen (secondary N) is 3. The summed E-state index contributed by atoms with van der Waals surface area (Å²) in [5, 5.41) is 0. The van der Waals surface area contributed by atoms with Crippen molar-refractivity contribution in [2.45, 2.75) is 31.2 Å². The minimum Gasteiger partial charge on any atom is -0.271 e. The van der Waals surface area contributed by atoms with E-state index in [9.17, 15) is 22.4 Å². The number of halogens is 1. The standard InChI is InChI=1S/C18H20FN3O4S/c1-3-13-4-6-14(7-5-13)18(24)21-20-17(23)12(2)22-27(25,26)16-10-8-15(19)9-11-16/h4-12,22H,3H2,1-2H3,(H,20,23)(H,21,24)/t12-/m0/s1. The fourth-order valence-corrected chi connectivity index (χ4v) is 3.36. The lowest BCUT2D eigenvalue weighted by Crippen LogP contribution is -2.51. The number of amides is 2. The zero-order chi connectivity index (χ0) is 20.0. The summed E-state index contributed by atoms with van der Waals surface area (Å²) in [6.45, 7) is 3.31. The Kier molecular flexibility index (Phi) is 6.65. The highest BCUT2D eigenvalue weighted by Gasteiger charge is 2.22. The Labute approximate surface area is 157 Å². The van der Waals surface area contributed by atoms with E-state index < -0.39 is 33.7 Å². The van der Waals surface area contributed by atoms with Crippen LogP contribution in [0.2, 0.25) is 0 Å². The van der Waals surface area contributed by atoms with E-state index in [1.54, 1.807) is 24.3 Å². The van der Waals surface area contributed by atoms with Crippen molar-refractivity contribution >= 4 is 21.8 Å². The molecule has 0 saturated heterocycles. The highest BCUT2D eigenvalue weighted by atomic mass is 32.2. The van der Waals surface area contributed by atoms with Gasteiger partial charge in [0.1, 0.15) is 5.82 Å². The molecule has 0 heterocycles. The van der Waals surface area contributed by atoms with Crippen molar-refractivity contribution in [2.75, 3.05) is 0 Å². The second-order valence-electron chi connectivity index (χ2n) is 5.79. The van der Waals surface area contributed by atoms with Gasteiger partial charge in [0.15, 0.2) is 0 Å². The zero-order valence-corrected chi connectivity index (χ0v) is 15.6. The molecule has 0 bridgehead atoms. The maximum absolute atomic E-state index is 12.9. The van der Waals surface area contributed by atoms with Gasteiger partial charge in [-0.2, -0.15) is 4.72 Å². The molecule has 3 N–H and O–H groups in total. The lowest BCUT2D eigenvalue weighted by Gasteiger charge is -2.15. The number of carbonyl (C=O) groups is 2. The molecular weight excluding hydrogens is 373 g/mol. The molecule has 7 nitrogen and oxygen atoms in total. The minimum absolute atomic E-state index is 0.177. The number of hydrazine groups is 1. The van der Waals surface area contributed by atoms with E-state index in [-0.39, 0.29) is 4.90 Å². The second kappa shape index (κ2) is 8.74. The maximum atomic E-state index is 12.9. The molecule has 0 aliphatic carbocycles. The molecule has 0 aromatic heterocycles. The number of hydrogen-bond acceptors (Lipinski definition) is 4. The first-order valence-corrected chi connectivity index (χ1v) is 9.68. The summed E-state index contributed by atoms with van der Waals surface area (Å²) in [7, 11) is -4.01. The third-order valence-corrected chi connectivity index (χ3v) is 5.33. The Balaban J connectivity index is 1.92. The number of hydrogen-bond donors (Lipinski definition) is 3. The van der Waals surface area contributed by atoms with Crippen LogP contribution < -0.4 is 15.6 Å². The summed E-state index contributed by atoms with van der Waals surface area (Å²) in [6, 6.07) is 9.87. The van der Waals surface area contributed by atoms with E-state index in [4.69, 9.17) is 0 Å². The summed E-state index contributed by atoms with van der Waals surface area (Å²) in [5.74, 6) is -1.85. The molecule has 1 atom stereocenters. The van der Waals surface area contributed by atoms with Crippen LogP contribution in [0.15, 0.2) is 53.4 Å². The van der Waals surface area contributed by atoms with Gasteiger partial charge >= 0.3 is 0 Å². The second-order valence-corrected chi connectivity index (χ2v) is 7.50. The van der Waals surface area contributed by atoms with E-state index in [0.717, 1.165) is 36.2 Å². The Hall–Kier alpha value is -2.78.